The van der Waals surface area contributed by atoms with E-state index in [4.69, 9.17) is 0 Å². The molecular formula is C33H24BrN. The predicted molar refractivity (Wildman–Crippen MR) is 151 cm³/mol. The Morgan fingerprint density at radius 2 is 1.26 bits per heavy atom. The number of para-hydroxylation sites is 1. The molecule has 0 unspecified atom stereocenters. The minimum absolute atomic E-state index is 0.0139. The van der Waals surface area contributed by atoms with Crippen LogP contribution in [0.15, 0.2) is 114 Å². The number of fused-ring (bicyclic) bond motifs is 6. The van der Waals surface area contributed by atoms with Crippen LogP contribution in [-0.4, -0.2) is 4.57 Å². The average molecular weight is 514 g/mol. The molecule has 0 bridgehead atoms. The van der Waals surface area contributed by atoms with E-state index in [0.717, 1.165) is 4.47 Å². The van der Waals surface area contributed by atoms with Crippen LogP contribution in [0, 0.1) is 0 Å². The maximum absolute atomic E-state index is 3.56. The summed E-state index contributed by atoms with van der Waals surface area (Å²) in [6.45, 7) is 4.67. The number of hydrogen-bond donors (Lipinski definition) is 0. The topological polar surface area (TPSA) is 4.93 Å². The van der Waals surface area contributed by atoms with Gasteiger partial charge < -0.3 is 4.57 Å². The first-order valence-electron chi connectivity index (χ1n) is 12.1. The molecule has 0 aliphatic heterocycles. The van der Waals surface area contributed by atoms with E-state index in [-0.39, 0.29) is 5.41 Å². The fraction of sp³-hybridized carbons (Fsp3) is 0.0909. The van der Waals surface area contributed by atoms with E-state index >= 15 is 0 Å². The summed E-state index contributed by atoms with van der Waals surface area (Å²) in [4.78, 5) is 0. The quantitative estimate of drug-likeness (QED) is 0.217. The third-order valence-corrected chi connectivity index (χ3v) is 8.21. The average Bonchev–Trinajstić information content (AvgIpc) is 3.33. The van der Waals surface area contributed by atoms with E-state index < -0.39 is 0 Å². The van der Waals surface area contributed by atoms with Crippen molar-refractivity contribution in [3.05, 3.63) is 125 Å². The van der Waals surface area contributed by atoms with Crippen LogP contribution in [0.25, 0.3) is 49.7 Å². The lowest BCUT2D eigenvalue weighted by atomic mass is 9.82. The van der Waals surface area contributed by atoms with Crippen LogP contribution in [0.3, 0.4) is 0 Å². The van der Waals surface area contributed by atoms with Gasteiger partial charge in [0.25, 0.3) is 0 Å². The fourth-order valence-corrected chi connectivity index (χ4v) is 6.18. The number of halogens is 1. The Morgan fingerprint density at radius 1 is 0.571 bits per heavy atom. The summed E-state index contributed by atoms with van der Waals surface area (Å²) < 4.78 is 3.53. The molecule has 35 heavy (non-hydrogen) atoms. The highest BCUT2D eigenvalue weighted by molar-refractivity contribution is 9.10. The first-order valence-corrected chi connectivity index (χ1v) is 12.9. The van der Waals surface area contributed by atoms with Crippen LogP contribution in [0.1, 0.15) is 25.0 Å². The second-order valence-corrected chi connectivity index (χ2v) is 10.9. The first kappa shape index (κ1) is 20.7. The molecule has 0 saturated heterocycles. The molecule has 7 rings (SSSR count). The molecule has 0 N–H and O–H groups in total. The normalized spacial score (nSPS) is 13.8. The van der Waals surface area contributed by atoms with Crippen LogP contribution in [0.2, 0.25) is 0 Å². The van der Waals surface area contributed by atoms with Crippen LogP contribution in [0.4, 0.5) is 0 Å². The van der Waals surface area contributed by atoms with E-state index in [9.17, 15) is 0 Å². The highest BCUT2D eigenvalue weighted by Crippen LogP contribution is 2.49. The zero-order valence-electron chi connectivity index (χ0n) is 19.7. The molecule has 0 saturated carbocycles. The van der Waals surface area contributed by atoms with Crippen LogP contribution < -0.4 is 0 Å². The zero-order chi connectivity index (χ0) is 23.7. The lowest BCUT2D eigenvalue weighted by Crippen LogP contribution is -2.14. The molecule has 5 aromatic carbocycles. The summed E-state index contributed by atoms with van der Waals surface area (Å²) in [6, 6.07) is 40.0. The molecule has 1 heterocycles. The number of rotatable bonds is 2. The van der Waals surface area contributed by atoms with Crippen molar-refractivity contribution in [1.82, 2.24) is 4.57 Å². The molecule has 2 heteroatoms. The van der Waals surface area contributed by atoms with E-state index in [0.29, 0.717) is 0 Å². The summed E-state index contributed by atoms with van der Waals surface area (Å²) in [5.74, 6) is 0. The summed E-state index contributed by atoms with van der Waals surface area (Å²) in [7, 11) is 0. The van der Waals surface area contributed by atoms with E-state index in [1.807, 2.05) is 0 Å². The van der Waals surface area contributed by atoms with Crippen molar-refractivity contribution >= 4 is 37.7 Å². The molecule has 0 atom stereocenters. The highest BCUT2D eigenvalue weighted by Gasteiger charge is 2.35. The van der Waals surface area contributed by atoms with Gasteiger partial charge in [-0.3, -0.25) is 0 Å². The Bertz CT molecular complexity index is 1770. The summed E-state index contributed by atoms with van der Waals surface area (Å²) in [6.07, 6.45) is 0. The van der Waals surface area contributed by atoms with Gasteiger partial charge in [0.1, 0.15) is 0 Å². The van der Waals surface area contributed by atoms with E-state index in [1.165, 1.54) is 60.9 Å². The van der Waals surface area contributed by atoms with Gasteiger partial charge in [-0.15, -0.1) is 0 Å². The lowest BCUT2D eigenvalue weighted by molar-refractivity contribution is 0.660. The predicted octanol–water partition coefficient (Wildman–Crippen LogP) is 9.52. The smallest absolute Gasteiger partial charge is 0.0547 e. The van der Waals surface area contributed by atoms with Crippen molar-refractivity contribution < 1.29 is 0 Å². The van der Waals surface area contributed by atoms with Gasteiger partial charge in [0.15, 0.2) is 0 Å². The second kappa shape index (κ2) is 7.44. The molecule has 1 aromatic heterocycles. The minimum Gasteiger partial charge on any atom is -0.309 e. The maximum atomic E-state index is 3.56. The van der Waals surface area contributed by atoms with Gasteiger partial charge in [-0.25, -0.2) is 0 Å². The van der Waals surface area contributed by atoms with Crippen molar-refractivity contribution in [1.29, 1.82) is 0 Å². The minimum atomic E-state index is 0.0139. The largest absolute Gasteiger partial charge is 0.309 e. The molecular weight excluding hydrogens is 490 g/mol. The van der Waals surface area contributed by atoms with E-state index in [1.54, 1.807) is 0 Å². The molecule has 0 amide bonds. The molecule has 6 aromatic rings. The van der Waals surface area contributed by atoms with Crippen molar-refractivity contribution in [2.24, 2.45) is 0 Å². The van der Waals surface area contributed by atoms with Crippen LogP contribution in [0.5, 0.6) is 0 Å². The standard InChI is InChI=1S/C33H24BrN/c1-33(2)29-9-5-3-7-25(29)28-20-24(16-18-30(28)33)35-31-10-6-4-8-26(31)27-17-13-22(19-32(27)35)21-11-14-23(34)15-12-21/h3-20H,1-2H3. The Morgan fingerprint density at radius 3 is 2.11 bits per heavy atom. The third-order valence-electron chi connectivity index (χ3n) is 7.68. The van der Waals surface area contributed by atoms with Crippen LogP contribution >= 0.6 is 15.9 Å². The third kappa shape index (κ3) is 3.00. The van der Waals surface area contributed by atoms with Crippen LogP contribution in [-0.2, 0) is 5.41 Å². The Kier molecular flexibility index (Phi) is 4.40. The molecule has 1 aliphatic carbocycles. The SMILES string of the molecule is CC1(C)c2ccccc2-c2cc(-n3c4ccccc4c4ccc(-c5ccc(Br)cc5)cc43)ccc21. The van der Waals surface area contributed by atoms with Crippen molar-refractivity contribution in [3.63, 3.8) is 0 Å². The van der Waals surface area contributed by atoms with Gasteiger partial charge in [-0.05, 0) is 69.8 Å². The Balaban J connectivity index is 1.51. The monoisotopic (exact) mass is 513 g/mol. The fourth-order valence-electron chi connectivity index (χ4n) is 5.92. The van der Waals surface area contributed by atoms with Gasteiger partial charge >= 0.3 is 0 Å². The van der Waals surface area contributed by atoms with Gasteiger partial charge in [0, 0.05) is 26.3 Å². The number of benzene rings is 5. The zero-order valence-corrected chi connectivity index (χ0v) is 21.3. The molecule has 0 fully saturated rings. The van der Waals surface area contributed by atoms with Crippen molar-refractivity contribution in [2.75, 3.05) is 0 Å². The molecule has 0 spiro atoms. The summed E-state index contributed by atoms with van der Waals surface area (Å²) >= 11 is 3.56. The number of nitrogens with zero attached hydrogens (tertiary/aromatic N) is 1. The molecule has 1 nitrogen and oxygen atoms in total. The molecule has 1 aliphatic rings. The van der Waals surface area contributed by atoms with Crippen molar-refractivity contribution in [2.45, 2.75) is 19.3 Å². The maximum Gasteiger partial charge on any atom is 0.0547 e. The Labute approximate surface area is 213 Å². The molecule has 168 valence electrons. The second-order valence-electron chi connectivity index (χ2n) is 9.99. The number of aromatic nitrogens is 1. The summed E-state index contributed by atoms with van der Waals surface area (Å²) in [5, 5.41) is 2.56. The van der Waals surface area contributed by atoms with Gasteiger partial charge in [0.2, 0.25) is 0 Å². The number of hydrogen-bond acceptors (Lipinski definition) is 0. The van der Waals surface area contributed by atoms with Gasteiger partial charge in [-0.2, -0.15) is 0 Å². The lowest BCUT2D eigenvalue weighted by Gasteiger charge is -2.21. The molecule has 0 radical (unpaired) electrons. The Hall–Kier alpha value is -3.62. The van der Waals surface area contributed by atoms with E-state index in [2.05, 4.69) is 144 Å². The summed E-state index contributed by atoms with van der Waals surface area (Å²) in [5.41, 5.74) is 11.6. The van der Waals surface area contributed by atoms with Crippen molar-refractivity contribution in [3.8, 4) is 27.9 Å². The van der Waals surface area contributed by atoms with Gasteiger partial charge in [0.05, 0.1) is 11.0 Å². The highest BCUT2D eigenvalue weighted by atomic mass is 79.9. The van der Waals surface area contributed by atoms with Gasteiger partial charge in [-0.1, -0.05) is 103 Å². The first-order chi connectivity index (χ1) is 17.0.